The van der Waals surface area contributed by atoms with Gasteiger partial charge in [0.1, 0.15) is 28.7 Å². The number of hydrogen-bond acceptors (Lipinski definition) is 10. The molecular weight excluding hydrogens is 580 g/mol. The van der Waals surface area contributed by atoms with Gasteiger partial charge in [-0.2, -0.15) is 4.89 Å². The number of rotatable bonds is 21. The summed E-state index contributed by atoms with van der Waals surface area (Å²) >= 11 is 0. The van der Waals surface area contributed by atoms with Gasteiger partial charge in [-0.1, -0.05) is 18.9 Å². The Bertz CT molecular complexity index is 1390. The van der Waals surface area contributed by atoms with E-state index in [9.17, 15) is 9.59 Å². The van der Waals surface area contributed by atoms with E-state index >= 15 is 0 Å². The highest BCUT2D eigenvalue weighted by molar-refractivity contribution is 5.91. The summed E-state index contributed by atoms with van der Waals surface area (Å²) in [5.74, 6) is 2.08. The molecule has 0 spiro atoms. The minimum absolute atomic E-state index is 0.00372. The summed E-state index contributed by atoms with van der Waals surface area (Å²) in [6.07, 6.45) is 5.46. The number of carbonyl (C=O) groups is 2. The van der Waals surface area contributed by atoms with Gasteiger partial charge in [0.15, 0.2) is 6.26 Å². The number of carbonyl (C=O) groups excluding carboxylic acids is 2. The predicted molar refractivity (Wildman–Crippen MR) is 167 cm³/mol. The average molecular weight is 619 g/mol. The number of esters is 2. The monoisotopic (exact) mass is 618 g/mol. The molecule has 3 aromatic carbocycles. The Morgan fingerprint density at radius 1 is 0.733 bits per heavy atom. The first-order valence-electron chi connectivity index (χ1n) is 14.4. The molecule has 0 atom stereocenters. The Hall–Kier alpha value is -5.18. The van der Waals surface area contributed by atoms with E-state index < -0.39 is 11.9 Å². The molecule has 0 radical (unpaired) electrons. The molecular formula is C35H38O10. The largest absolute Gasteiger partial charge is 0.494 e. The van der Waals surface area contributed by atoms with E-state index in [2.05, 4.69) is 23.8 Å². The number of unbranched alkanes of at least 4 members (excludes halogenated alkanes) is 2. The van der Waals surface area contributed by atoms with Crippen LogP contribution in [0.4, 0.5) is 0 Å². The van der Waals surface area contributed by atoms with E-state index in [0.717, 1.165) is 30.9 Å². The number of benzene rings is 3. The van der Waals surface area contributed by atoms with Gasteiger partial charge < -0.3 is 33.3 Å². The van der Waals surface area contributed by atoms with Crippen LogP contribution in [0.2, 0.25) is 0 Å². The summed E-state index contributed by atoms with van der Waals surface area (Å²) in [5, 5.41) is 0. The molecule has 0 aliphatic heterocycles. The fourth-order valence-corrected chi connectivity index (χ4v) is 3.72. The van der Waals surface area contributed by atoms with Gasteiger partial charge in [-0.3, -0.25) is 0 Å². The first kappa shape index (κ1) is 34.3. The molecule has 0 saturated carbocycles. The van der Waals surface area contributed by atoms with Crippen LogP contribution in [0.3, 0.4) is 0 Å². The van der Waals surface area contributed by atoms with Crippen LogP contribution in [-0.2, 0) is 19.3 Å². The predicted octanol–water partition coefficient (Wildman–Crippen LogP) is 6.92. The summed E-state index contributed by atoms with van der Waals surface area (Å²) in [7, 11) is 0. The quantitative estimate of drug-likeness (QED) is 0.0144. The summed E-state index contributed by atoms with van der Waals surface area (Å²) in [4.78, 5) is 33.2. The summed E-state index contributed by atoms with van der Waals surface area (Å²) in [6, 6.07) is 19.1. The molecule has 3 rings (SSSR count). The lowest BCUT2D eigenvalue weighted by Crippen LogP contribution is -2.09. The summed E-state index contributed by atoms with van der Waals surface area (Å²) in [5.41, 5.74) is 3.62. The highest BCUT2D eigenvalue weighted by Crippen LogP contribution is 2.25. The van der Waals surface area contributed by atoms with Crippen molar-refractivity contribution in [1.82, 2.24) is 0 Å². The standard InChI is InChI=1S/C35H38O10/c1-4-20-43-44-24-9-23-39-30-14-16-31(17-15-30)41-26-42-33-19-18-32(25-27(33)3)45-35(37)28-10-12-29(13-11-28)38-21-7-6-8-22-40-34(36)5-2/h5,10-20,25H,1-2,6-9,21-24,26H2,3H3. The Labute approximate surface area is 263 Å². The molecule has 10 nitrogen and oxygen atoms in total. The van der Waals surface area contributed by atoms with Crippen molar-refractivity contribution in [2.75, 3.05) is 33.2 Å². The molecule has 0 bridgehead atoms. The van der Waals surface area contributed by atoms with E-state index in [1.807, 2.05) is 6.92 Å². The molecule has 10 heteroatoms. The van der Waals surface area contributed by atoms with E-state index in [0.29, 0.717) is 67.2 Å². The minimum atomic E-state index is -0.484. The third-order valence-electron chi connectivity index (χ3n) is 6.02. The summed E-state index contributed by atoms with van der Waals surface area (Å²) < 4.78 is 33.3. The zero-order chi connectivity index (χ0) is 32.1. The highest BCUT2D eigenvalue weighted by Gasteiger charge is 2.11. The second-order valence-electron chi connectivity index (χ2n) is 9.44. The van der Waals surface area contributed by atoms with Crippen LogP contribution in [0.25, 0.3) is 0 Å². The van der Waals surface area contributed by atoms with Gasteiger partial charge in [0.25, 0.3) is 0 Å². The molecule has 0 fully saturated rings. The van der Waals surface area contributed by atoms with Gasteiger partial charge >= 0.3 is 11.9 Å². The van der Waals surface area contributed by atoms with Crippen molar-refractivity contribution >= 4 is 11.9 Å². The zero-order valence-corrected chi connectivity index (χ0v) is 25.4. The topological polar surface area (TPSA) is 108 Å². The van der Waals surface area contributed by atoms with Crippen LogP contribution in [0.5, 0.6) is 28.7 Å². The average Bonchev–Trinajstić information content (AvgIpc) is 3.05. The number of aryl methyl sites for hydroxylation is 1. The molecule has 45 heavy (non-hydrogen) atoms. The normalized spacial score (nSPS) is 10.2. The lowest BCUT2D eigenvalue weighted by molar-refractivity contribution is -0.249. The van der Waals surface area contributed by atoms with Crippen LogP contribution >= 0.6 is 0 Å². The van der Waals surface area contributed by atoms with Crippen LogP contribution in [-0.4, -0.2) is 45.2 Å². The first-order chi connectivity index (χ1) is 22.0. The van der Waals surface area contributed by atoms with E-state index in [1.165, 1.54) is 6.26 Å². The second kappa shape index (κ2) is 19.9. The Morgan fingerprint density at radius 3 is 2.02 bits per heavy atom. The molecule has 0 N–H and O–H groups in total. The molecule has 0 aliphatic carbocycles. The number of hydrogen-bond donors (Lipinski definition) is 0. The second-order valence-corrected chi connectivity index (χ2v) is 9.44. The molecule has 0 heterocycles. The highest BCUT2D eigenvalue weighted by atomic mass is 17.2. The first-order valence-corrected chi connectivity index (χ1v) is 14.4. The van der Waals surface area contributed by atoms with E-state index in [4.69, 9.17) is 33.3 Å². The van der Waals surface area contributed by atoms with Crippen molar-refractivity contribution in [3.63, 3.8) is 0 Å². The van der Waals surface area contributed by atoms with Crippen LogP contribution in [0.15, 0.2) is 98.0 Å². The molecule has 0 aliphatic rings. The smallest absolute Gasteiger partial charge is 0.343 e. The van der Waals surface area contributed by atoms with Gasteiger partial charge in [0, 0.05) is 12.5 Å². The number of ether oxygens (including phenoxy) is 6. The van der Waals surface area contributed by atoms with Gasteiger partial charge in [-0.25, -0.2) is 9.59 Å². The lowest BCUT2D eigenvalue weighted by Gasteiger charge is -2.12. The fraction of sp³-hybridized carbons (Fsp3) is 0.286. The van der Waals surface area contributed by atoms with Gasteiger partial charge in [0.05, 0.1) is 32.0 Å². The Balaban J connectivity index is 1.34. The van der Waals surface area contributed by atoms with Crippen molar-refractivity contribution in [3.05, 3.63) is 109 Å². The molecule has 3 aromatic rings. The van der Waals surface area contributed by atoms with Gasteiger partial charge in [-0.15, -0.1) is 0 Å². The third-order valence-corrected chi connectivity index (χ3v) is 6.02. The maximum Gasteiger partial charge on any atom is 0.343 e. The van der Waals surface area contributed by atoms with Gasteiger partial charge in [-0.05, 0) is 98.5 Å². The molecule has 0 saturated heterocycles. The minimum Gasteiger partial charge on any atom is -0.494 e. The van der Waals surface area contributed by atoms with Crippen molar-refractivity contribution in [2.45, 2.75) is 32.6 Å². The van der Waals surface area contributed by atoms with Crippen molar-refractivity contribution in [1.29, 1.82) is 0 Å². The zero-order valence-electron chi connectivity index (χ0n) is 25.4. The lowest BCUT2D eigenvalue weighted by atomic mass is 10.2. The van der Waals surface area contributed by atoms with Gasteiger partial charge in [0.2, 0.25) is 6.79 Å². The molecule has 0 amide bonds. The van der Waals surface area contributed by atoms with Crippen LogP contribution in [0, 0.1) is 6.92 Å². The van der Waals surface area contributed by atoms with Crippen molar-refractivity contribution < 1.29 is 47.8 Å². The van der Waals surface area contributed by atoms with Crippen LogP contribution < -0.4 is 23.7 Å². The maximum absolute atomic E-state index is 12.6. The molecule has 0 unspecified atom stereocenters. The van der Waals surface area contributed by atoms with Crippen molar-refractivity contribution in [3.8, 4) is 28.7 Å². The SMILES string of the molecule is C=C=COOCCCOc1ccc(OCOc2ccc(OC(=O)c3ccc(OCCCCCOC(=O)C=C)cc3)cc2C)cc1. The van der Waals surface area contributed by atoms with E-state index in [-0.39, 0.29) is 6.79 Å². The third kappa shape index (κ3) is 13.3. The van der Waals surface area contributed by atoms with E-state index in [1.54, 1.807) is 66.7 Å². The Morgan fingerprint density at radius 2 is 1.36 bits per heavy atom. The van der Waals surface area contributed by atoms with Crippen LogP contribution in [0.1, 0.15) is 41.6 Å². The molecule has 238 valence electrons. The molecule has 0 aromatic heterocycles. The fourth-order valence-electron chi connectivity index (χ4n) is 3.72. The van der Waals surface area contributed by atoms with Crippen molar-refractivity contribution in [2.24, 2.45) is 0 Å². The summed E-state index contributed by atoms with van der Waals surface area (Å²) in [6.45, 7) is 10.3. The Kier molecular flexibility index (Phi) is 15.2. The maximum atomic E-state index is 12.6.